The SMILES string of the molecule is [C-]#[N+]c1cc(-n2c3ccc(C(C)(C)C)cc3c3cc(C(C)(C)C)ccc32)c(-n2c3ccc(C(C)(C)C)cc3c3cc(C(C)(C)C)ccc32)cc1-c1cccc(C#N)c1. The topological polar surface area (TPSA) is 38.0 Å². The molecule has 0 amide bonds. The quantitative estimate of drug-likeness (QED) is 0.165. The van der Waals surface area contributed by atoms with Crippen molar-refractivity contribution in [3.05, 3.63) is 148 Å². The van der Waals surface area contributed by atoms with Crippen molar-refractivity contribution in [2.24, 2.45) is 0 Å². The fourth-order valence-electron chi connectivity index (χ4n) is 8.44. The van der Waals surface area contributed by atoms with Crippen molar-refractivity contribution >= 4 is 49.3 Å². The fourth-order valence-corrected chi connectivity index (χ4v) is 8.44. The van der Waals surface area contributed by atoms with Gasteiger partial charge >= 0.3 is 0 Å². The van der Waals surface area contributed by atoms with E-state index >= 15 is 0 Å². The highest BCUT2D eigenvalue weighted by Gasteiger charge is 2.26. The van der Waals surface area contributed by atoms with Gasteiger partial charge in [0, 0.05) is 21.5 Å². The third-order valence-electron chi connectivity index (χ3n) is 12.0. The van der Waals surface area contributed by atoms with E-state index in [9.17, 15) is 5.26 Å². The molecule has 4 nitrogen and oxygen atoms in total. The second-order valence-corrected chi connectivity index (χ2v) is 20.3. The minimum atomic E-state index is -0.0353. The molecule has 4 heteroatoms. The first-order valence-corrected chi connectivity index (χ1v) is 20.4. The van der Waals surface area contributed by atoms with Crippen LogP contribution < -0.4 is 0 Å². The second kappa shape index (κ2) is 13.2. The van der Waals surface area contributed by atoms with Crippen LogP contribution in [0, 0.1) is 17.9 Å². The lowest BCUT2D eigenvalue weighted by molar-refractivity contribution is 0.590. The van der Waals surface area contributed by atoms with Crippen molar-refractivity contribution < 1.29 is 0 Å². The van der Waals surface area contributed by atoms with Gasteiger partial charge in [0.1, 0.15) is 0 Å². The summed E-state index contributed by atoms with van der Waals surface area (Å²) in [5, 5.41) is 14.7. The highest BCUT2D eigenvalue weighted by molar-refractivity contribution is 6.12. The molecular formula is C54H54N4. The molecule has 0 aliphatic carbocycles. The van der Waals surface area contributed by atoms with Crippen LogP contribution in [0.25, 0.3) is 71.0 Å². The van der Waals surface area contributed by atoms with E-state index in [1.165, 1.54) is 43.8 Å². The minimum Gasteiger partial charge on any atom is -0.308 e. The molecule has 8 aromatic rings. The van der Waals surface area contributed by atoms with Gasteiger partial charge in [0.15, 0.2) is 5.69 Å². The zero-order valence-corrected chi connectivity index (χ0v) is 36.2. The van der Waals surface area contributed by atoms with E-state index in [1.54, 1.807) is 0 Å². The number of hydrogen-bond donors (Lipinski definition) is 0. The van der Waals surface area contributed by atoms with Crippen LogP contribution in [0.3, 0.4) is 0 Å². The Morgan fingerprint density at radius 1 is 0.466 bits per heavy atom. The summed E-state index contributed by atoms with van der Waals surface area (Å²) in [6.07, 6.45) is 0. The van der Waals surface area contributed by atoms with Crippen LogP contribution in [-0.2, 0) is 21.7 Å². The zero-order valence-electron chi connectivity index (χ0n) is 36.2. The van der Waals surface area contributed by atoms with Crippen molar-refractivity contribution in [2.75, 3.05) is 0 Å². The molecule has 290 valence electrons. The van der Waals surface area contributed by atoms with Gasteiger partial charge in [0.05, 0.1) is 51.6 Å². The third kappa shape index (κ3) is 6.46. The molecule has 2 aromatic heterocycles. The monoisotopic (exact) mass is 758 g/mol. The Morgan fingerprint density at radius 2 is 0.828 bits per heavy atom. The first kappa shape index (κ1) is 38.8. The van der Waals surface area contributed by atoms with Crippen molar-refractivity contribution in [1.82, 2.24) is 9.13 Å². The number of fused-ring (bicyclic) bond motifs is 6. The lowest BCUT2D eigenvalue weighted by atomic mass is 9.85. The third-order valence-corrected chi connectivity index (χ3v) is 12.0. The fraction of sp³-hybridized carbons (Fsp3) is 0.296. The van der Waals surface area contributed by atoms with Crippen molar-refractivity contribution in [1.29, 1.82) is 5.26 Å². The van der Waals surface area contributed by atoms with E-state index in [0.717, 1.165) is 44.6 Å². The molecule has 0 N–H and O–H groups in total. The van der Waals surface area contributed by atoms with E-state index < -0.39 is 0 Å². The lowest BCUT2D eigenvalue weighted by Gasteiger charge is -2.22. The average molecular weight is 759 g/mol. The number of hydrogen-bond acceptors (Lipinski definition) is 1. The summed E-state index contributed by atoms with van der Waals surface area (Å²) in [6.45, 7) is 35.8. The number of nitriles is 1. The standard InChI is InChI=1S/C54H54N4/c1-51(2,3)35-17-21-45-40(26-35)41-27-36(52(4,5)6)18-22-46(41)57(45)49-30-39(34-16-14-15-33(25-34)32-55)44(56-13)31-50(49)58-47-23-19-37(53(7,8)9)28-42(47)43-29-38(54(10,11)12)20-24-48(43)58/h14-31H,1-12H3. The maximum absolute atomic E-state index is 9.93. The predicted molar refractivity (Wildman–Crippen MR) is 246 cm³/mol. The van der Waals surface area contributed by atoms with Crippen LogP contribution in [0.4, 0.5) is 5.69 Å². The Labute approximate surface area is 344 Å². The normalized spacial score (nSPS) is 12.8. The summed E-state index contributed by atoms with van der Waals surface area (Å²) in [5.74, 6) is 0. The van der Waals surface area contributed by atoms with Gasteiger partial charge in [0.25, 0.3) is 0 Å². The largest absolute Gasteiger partial charge is 0.308 e. The van der Waals surface area contributed by atoms with Gasteiger partial charge in [-0.2, -0.15) is 5.26 Å². The van der Waals surface area contributed by atoms with E-state index in [2.05, 4.69) is 188 Å². The Morgan fingerprint density at radius 3 is 1.16 bits per heavy atom. The molecule has 0 radical (unpaired) electrons. The second-order valence-electron chi connectivity index (χ2n) is 20.3. The van der Waals surface area contributed by atoms with Crippen LogP contribution >= 0.6 is 0 Å². The molecule has 0 spiro atoms. The van der Waals surface area contributed by atoms with Gasteiger partial charge in [0.2, 0.25) is 0 Å². The van der Waals surface area contributed by atoms with Crippen molar-refractivity contribution in [3.8, 4) is 28.6 Å². The molecule has 0 aliphatic heterocycles. The van der Waals surface area contributed by atoms with E-state index in [-0.39, 0.29) is 21.7 Å². The lowest BCUT2D eigenvalue weighted by Crippen LogP contribution is -2.11. The van der Waals surface area contributed by atoms with Gasteiger partial charge < -0.3 is 9.13 Å². The van der Waals surface area contributed by atoms with E-state index in [4.69, 9.17) is 6.57 Å². The number of nitrogens with zero attached hydrogens (tertiary/aromatic N) is 4. The molecule has 2 heterocycles. The summed E-state index contributed by atoms with van der Waals surface area (Å²) in [7, 11) is 0. The van der Waals surface area contributed by atoms with E-state index in [0.29, 0.717) is 11.3 Å². The average Bonchev–Trinajstić information content (AvgIpc) is 3.67. The van der Waals surface area contributed by atoms with Gasteiger partial charge in [-0.15, -0.1) is 0 Å². The predicted octanol–water partition coefficient (Wildman–Crippen LogP) is 15.2. The summed E-state index contributed by atoms with van der Waals surface area (Å²) < 4.78 is 4.79. The molecule has 0 atom stereocenters. The highest BCUT2D eigenvalue weighted by atomic mass is 15.1. The number of aromatic nitrogens is 2. The van der Waals surface area contributed by atoms with Crippen LogP contribution in [-0.4, -0.2) is 9.13 Å². The summed E-state index contributed by atoms with van der Waals surface area (Å²) in [5.41, 5.74) is 14.0. The van der Waals surface area contributed by atoms with Crippen LogP contribution in [0.15, 0.2) is 109 Å². The number of benzene rings is 6. The molecule has 0 aliphatic rings. The van der Waals surface area contributed by atoms with E-state index in [1.807, 2.05) is 24.3 Å². The Hall–Kier alpha value is -6.10. The highest BCUT2D eigenvalue weighted by Crippen LogP contribution is 2.45. The Kier molecular flexibility index (Phi) is 8.84. The molecular weight excluding hydrogens is 705 g/mol. The number of rotatable bonds is 3. The summed E-state index contributed by atoms with van der Waals surface area (Å²) >= 11 is 0. The molecule has 0 fully saturated rings. The first-order chi connectivity index (χ1) is 27.2. The molecule has 0 unspecified atom stereocenters. The first-order valence-electron chi connectivity index (χ1n) is 20.4. The maximum Gasteiger partial charge on any atom is 0.197 e. The zero-order chi connectivity index (χ0) is 41.7. The molecule has 58 heavy (non-hydrogen) atoms. The van der Waals surface area contributed by atoms with Crippen LogP contribution in [0.2, 0.25) is 0 Å². The van der Waals surface area contributed by atoms with Crippen molar-refractivity contribution in [3.63, 3.8) is 0 Å². The molecule has 6 aromatic carbocycles. The van der Waals surface area contributed by atoms with Crippen LogP contribution in [0.5, 0.6) is 0 Å². The molecule has 8 rings (SSSR count). The summed E-state index contributed by atoms with van der Waals surface area (Å²) in [4.78, 5) is 4.19. The Balaban J connectivity index is 1.58. The maximum atomic E-state index is 9.93. The molecule has 0 bridgehead atoms. The summed E-state index contributed by atoms with van der Waals surface area (Å²) in [6, 6.07) is 41.9. The Bertz CT molecular complexity index is 2910. The van der Waals surface area contributed by atoms with Gasteiger partial charge in [-0.25, -0.2) is 4.85 Å². The van der Waals surface area contributed by atoms with Gasteiger partial charge in [-0.05, 0) is 128 Å². The van der Waals surface area contributed by atoms with Crippen LogP contribution in [0.1, 0.15) is 111 Å². The smallest absolute Gasteiger partial charge is 0.197 e. The van der Waals surface area contributed by atoms with Crippen molar-refractivity contribution in [2.45, 2.75) is 105 Å². The van der Waals surface area contributed by atoms with Gasteiger partial charge in [-0.1, -0.05) is 119 Å². The van der Waals surface area contributed by atoms with Gasteiger partial charge in [-0.3, -0.25) is 0 Å². The minimum absolute atomic E-state index is 0.0346. The molecule has 0 saturated carbocycles. The molecule has 0 saturated heterocycles.